The molecule has 0 aliphatic heterocycles. The molecule has 96 valence electrons. The van der Waals surface area contributed by atoms with Gasteiger partial charge < -0.3 is 4.74 Å². The summed E-state index contributed by atoms with van der Waals surface area (Å²) < 4.78 is 12.0. The number of aromatic nitrogens is 3. The minimum atomic E-state index is -0.646. The number of hydrogen-bond donors (Lipinski definition) is 1. The summed E-state index contributed by atoms with van der Waals surface area (Å²) in [4.78, 5) is 28.0. The Kier molecular flexibility index (Phi) is 2.75. The van der Waals surface area contributed by atoms with Crippen LogP contribution in [0, 0.1) is 0 Å². The van der Waals surface area contributed by atoms with Gasteiger partial charge in [0.05, 0.1) is 17.5 Å². The van der Waals surface area contributed by atoms with Crippen molar-refractivity contribution >= 4 is 39.6 Å². The lowest BCUT2D eigenvalue weighted by molar-refractivity contribution is 0.0524. The monoisotopic (exact) mass is 275 g/mol. The second-order valence-corrected chi connectivity index (χ2v) is 4.43. The van der Waals surface area contributed by atoms with Crippen molar-refractivity contribution < 1.29 is 9.53 Å². The number of esters is 1. The lowest BCUT2D eigenvalue weighted by atomic mass is 10.1. The third kappa shape index (κ3) is 1.78. The molecule has 0 bridgehead atoms. The molecule has 19 heavy (non-hydrogen) atoms. The first kappa shape index (κ1) is 11.8. The van der Waals surface area contributed by atoms with Gasteiger partial charge in [-0.25, -0.2) is 4.79 Å². The molecule has 3 rings (SSSR count). The topological polar surface area (TPSA) is 84.9 Å². The summed E-state index contributed by atoms with van der Waals surface area (Å²) in [5.74, 6) is -0.646. The highest BCUT2D eigenvalue weighted by molar-refractivity contribution is 7.00. The Morgan fingerprint density at radius 2 is 2.26 bits per heavy atom. The van der Waals surface area contributed by atoms with Crippen molar-refractivity contribution in [3.63, 3.8) is 0 Å². The molecule has 0 saturated heterocycles. The zero-order valence-corrected chi connectivity index (χ0v) is 10.8. The Balaban J connectivity index is 2.30. The molecule has 3 aromatic rings. The van der Waals surface area contributed by atoms with Gasteiger partial charge in [0.1, 0.15) is 16.6 Å². The second-order valence-electron chi connectivity index (χ2n) is 3.86. The summed E-state index contributed by atoms with van der Waals surface area (Å²) in [6, 6.07) is 3.39. The minimum Gasteiger partial charge on any atom is -0.462 e. The largest absolute Gasteiger partial charge is 0.462 e. The highest BCUT2D eigenvalue weighted by atomic mass is 32.1. The van der Waals surface area contributed by atoms with Crippen LogP contribution >= 0.6 is 11.7 Å². The molecule has 0 spiro atoms. The summed E-state index contributed by atoms with van der Waals surface area (Å²) in [6.07, 6.45) is 1.25. The van der Waals surface area contributed by atoms with Crippen molar-refractivity contribution in [3.05, 3.63) is 34.1 Å². The van der Waals surface area contributed by atoms with Gasteiger partial charge in [-0.1, -0.05) is 0 Å². The number of fused-ring (bicyclic) bond motifs is 3. The van der Waals surface area contributed by atoms with E-state index in [9.17, 15) is 9.59 Å². The first-order valence-corrected chi connectivity index (χ1v) is 6.42. The van der Waals surface area contributed by atoms with Gasteiger partial charge in [-0.05, 0) is 19.1 Å². The number of H-pyrrole nitrogens is 1. The molecule has 7 heteroatoms. The third-order valence-corrected chi connectivity index (χ3v) is 3.34. The molecule has 1 aromatic carbocycles. The van der Waals surface area contributed by atoms with Crippen LogP contribution in [0.2, 0.25) is 0 Å². The van der Waals surface area contributed by atoms with E-state index >= 15 is 0 Å². The van der Waals surface area contributed by atoms with Gasteiger partial charge in [0.2, 0.25) is 5.43 Å². The number of pyridine rings is 1. The zero-order chi connectivity index (χ0) is 13.4. The molecule has 0 fully saturated rings. The van der Waals surface area contributed by atoms with E-state index in [1.807, 2.05) is 0 Å². The maximum absolute atomic E-state index is 12.2. The number of aromatic amines is 1. The van der Waals surface area contributed by atoms with Crippen molar-refractivity contribution in [1.82, 2.24) is 13.7 Å². The molecule has 6 nitrogen and oxygen atoms in total. The van der Waals surface area contributed by atoms with Crippen molar-refractivity contribution in [2.24, 2.45) is 0 Å². The summed E-state index contributed by atoms with van der Waals surface area (Å²) in [7, 11) is 0. The Hall–Kier alpha value is -2.28. The summed E-state index contributed by atoms with van der Waals surface area (Å²) in [5, 5.41) is 0.373. The minimum absolute atomic E-state index is 0.0482. The molecular weight excluding hydrogens is 266 g/mol. The molecular formula is C12H9N3O3S. The van der Waals surface area contributed by atoms with Crippen LogP contribution in [0.25, 0.3) is 21.9 Å². The fourth-order valence-electron chi connectivity index (χ4n) is 1.87. The van der Waals surface area contributed by atoms with Crippen LogP contribution in [0.5, 0.6) is 0 Å². The Labute approximate surface area is 111 Å². The van der Waals surface area contributed by atoms with Crippen molar-refractivity contribution in [2.45, 2.75) is 6.92 Å². The Morgan fingerprint density at radius 1 is 1.42 bits per heavy atom. The predicted octanol–water partition coefficient (Wildman–Crippen LogP) is 1.71. The Bertz CT molecular complexity index is 837. The second kappa shape index (κ2) is 4.43. The van der Waals surface area contributed by atoms with Gasteiger partial charge in [0, 0.05) is 17.9 Å². The molecule has 2 heterocycles. The standard InChI is InChI=1S/C12H9N3O3S/c1-2-18-12(17)7-5-13-9-6(11(7)16)3-4-8-10(9)15-19-14-8/h3-5,14H,2H2,1H3. The normalized spacial score (nSPS) is 11.0. The maximum Gasteiger partial charge on any atom is 0.343 e. The molecule has 0 aliphatic rings. The van der Waals surface area contributed by atoms with Crippen LogP contribution in [0.3, 0.4) is 0 Å². The number of carbonyl (C=O) groups excluding carboxylic acids is 1. The van der Waals surface area contributed by atoms with Gasteiger partial charge in [-0.15, -0.1) is 0 Å². The van der Waals surface area contributed by atoms with Crippen LogP contribution in [-0.2, 0) is 4.74 Å². The van der Waals surface area contributed by atoms with Crippen LogP contribution in [0.15, 0.2) is 23.1 Å². The molecule has 0 amide bonds. The van der Waals surface area contributed by atoms with E-state index in [1.165, 1.54) is 17.9 Å². The SMILES string of the molecule is CCOC(=O)c1cnc2c(ccc3[nH]snc32)c1=O. The fourth-order valence-corrected chi connectivity index (χ4v) is 2.46. The van der Waals surface area contributed by atoms with Gasteiger partial charge in [0.15, 0.2) is 0 Å². The lowest BCUT2D eigenvalue weighted by Crippen LogP contribution is -2.18. The van der Waals surface area contributed by atoms with E-state index in [4.69, 9.17) is 4.74 Å². The molecule has 0 atom stereocenters. The number of rotatable bonds is 2. The highest BCUT2D eigenvalue weighted by Crippen LogP contribution is 2.20. The first-order valence-electron chi connectivity index (χ1n) is 5.65. The average Bonchev–Trinajstić information content (AvgIpc) is 2.87. The lowest BCUT2D eigenvalue weighted by Gasteiger charge is -2.02. The van der Waals surface area contributed by atoms with Crippen LogP contribution in [-0.4, -0.2) is 26.3 Å². The number of benzene rings is 1. The summed E-state index contributed by atoms with van der Waals surface area (Å²) >= 11 is 1.18. The summed E-state index contributed by atoms with van der Waals surface area (Å²) in [5.41, 5.74) is 1.52. The van der Waals surface area contributed by atoms with Gasteiger partial charge >= 0.3 is 5.97 Å². The van der Waals surface area contributed by atoms with Crippen molar-refractivity contribution in [3.8, 4) is 0 Å². The van der Waals surface area contributed by atoms with E-state index in [0.29, 0.717) is 16.4 Å². The molecule has 2 aromatic heterocycles. The molecule has 0 radical (unpaired) electrons. The van der Waals surface area contributed by atoms with E-state index < -0.39 is 5.97 Å². The number of hydrogen-bond acceptors (Lipinski definition) is 6. The smallest absolute Gasteiger partial charge is 0.343 e. The number of nitrogens with zero attached hydrogens (tertiary/aromatic N) is 2. The Morgan fingerprint density at radius 3 is 3.05 bits per heavy atom. The highest BCUT2D eigenvalue weighted by Gasteiger charge is 2.16. The van der Waals surface area contributed by atoms with Crippen molar-refractivity contribution in [2.75, 3.05) is 6.61 Å². The fraction of sp³-hybridized carbons (Fsp3) is 0.167. The van der Waals surface area contributed by atoms with Crippen molar-refractivity contribution in [1.29, 1.82) is 0 Å². The quantitative estimate of drug-likeness (QED) is 0.720. The number of ether oxygens (including phenoxy) is 1. The number of carbonyl (C=O) groups is 1. The number of nitrogens with one attached hydrogen (secondary N) is 1. The van der Waals surface area contributed by atoms with E-state index in [1.54, 1.807) is 19.1 Å². The van der Waals surface area contributed by atoms with Crippen LogP contribution < -0.4 is 5.43 Å². The zero-order valence-electron chi connectivity index (χ0n) is 9.97. The van der Waals surface area contributed by atoms with Crippen LogP contribution in [0.1, 0.15) is 17.3 Å². The molecule has 0 saturated carbocycles. The molecule has 0 aliphatic carbocycles. The third-order valence-electron chi connectivity index (χ3n) is 2.75. The van der Waals surface area contributed by atoms with E-state index in [-0.39, 0.29) is 17.6 Å². The van der Waals surface area contributed by atoms with E-state index in [2.05, 4.69) is 13.7 Å². The maximum atomic E-state index is 12.2. The average molecular weight is 275 g/mol. The van der Waals surface area contributed by atoms with Crippen LogP contribution in [0.4, 0.5) is 0 Å². The summed E-state index contributed by atoms with van der Waals surface area (Å²) in [6.45, 7) is 1.90. The van der Waals surface area contributed by atoms with Gasteiger partial charge in [-0.3, -0.25) is 14.2 Å². The predicted molar refractivity (Wildman–Crippen MR) is 71.5 cm³/mol. The van der Waals surface area contributed by atoms with Gasteiger partial charge in [0.25, 0.3) is 0 Å². The molecule has 1 N–H and O–H groups in total. The molecule has 0 unspecified atom stereocenters. The van der Waals surface area contributed by atoms with Gasteiger partial charge in [-0.2, -0.15) is 4.37 Å². The van der Waals surface area contributed by atoms with E-state index in [0.717, 1.165) is 5.52 Å². The first-order chi connectivity index (χ1) is 9.22.